The molecule has 0 spiro atoms. The van der Waals surface area contributed by atoms with Crippen LogP contribution < -0.4 is 15.6 Å². The first-order chi connectivity index (χ1) is 12.5. The zero-order valence-electron chi connectivity index (χ0n) is 15.3. The minimum absolute atomic E-state index is 0.120. The summed E-state index contributed by atoms with van der Waals surface area (Å²) in [5.41, 5.74) is 5.70. The van der Waals surface area contributed by atoms with E-state index in [1.165, 1.54) is 6.92 Å². The summed E-state index contributed by atoms with van der Waals surface area (Å²) in [6.45, 7) is 7.50. The molecule has 2 amide bonds. The quantitative estimate of drug-likeness (QED) is 0.593. The summed E-state index contributed by atoms with van der Waals surface area (Å²) in [5.74, 6) is -0.382. The third-order valence-electron chi connectivity index (χ3n) is 3.87. The van der Waals surface area contributed by atoms with Gasteiger partial charge in [0.1, 0.15) is 0 Å². The van der Waals surface area contributed by atoms with E-state index in [9.17, 15) is 9.59 Å². The molecule has 0 atom stereocenters. The van der Waals surface area contributed by atoms with Gasteiger partial charge < -0.3 is 10.2 Å². The highest BCUT2D eigenvalue weighted by atomic mass is 16.2. The largest absolute Gasteiger partial charge is 0.372 e. The topological polar surface area (TPSA) is 73.8 Å². The summed E-state index contributed by atoms with van der Waals surface area (Å²) in [5, 5.41) is 6.67. The number of carbonyl (C=O) groups excluding carboxylic acids is 2. The van der Waals surface area contributed by atoms with Crippen LogP contribution in [0.1, 0.15) is 36.7 Å². The molecule has 6 heteroatoms. The van der Waals surface area contributed by atoms with Gasteiger partial charge in [-0.15, -0.1) is 0 Å². The third kappa shape index (κ3) is 5.44. The lowest BCUT2D eigenvalue weighted by Gasteiger charge is -2.20. The van der Waals surface area contributed by atoms with Gasteiger partial charge in [-0.1, -0.05) is 12.1 Å². The second kappa shape index (κ2) is 9.36. The van der Waals surface area contributed by atoms with Crippen LogP contribution in [0.2, 0.25) is 0 Å². The highest BCUT2D eigenvalue weighted by molar-refractivity contribution is 5.95. The van der Waals surface area contributed by atoms with E-state index in [0.717, 1.165) is 24.3 Å². The normalized spacial score (nSPS) is 10.6. The standard InChI is InChI=1S/C20H24N4O2/c1-4-24(5-2)19-12-8-17(9-13-19)20(26)23-21-14-16-6-10-18(11-7-16)22-15(3)25/h6-14H,4-5H2,1-3H3,(H,22,25)(H,23,26)/b21-14-. The van der Waals surface area contributed by atoms with Gasteiger partial charge in [0, 0.05) is 37.0 Å². The Hall–Kier alpha value is -3.15. The Kier molecular flexibility index (Phi) is 6.91. The minimum atomic E-state index is -0.262. The Morgan fingerprint density at radius 3 is 2.15 bits per heavy atom. The fraction of sp³-hybridized carbons (Fsp3) is 0.250. The molecule has 0 unspecified atom stereocenters. The average molecular weight is 352 g/mol. The molecule has 6 nitrogen and oxygen atoms in total. The smallest absolute Gasteiger partial charge is 0.271 e. The lowest BCUT2D eigenvalue weighted by atomic mass is 10.2. The SMILES string of the molecule is CCN(CC)c1ccc(C(=O)N/N=C\c2ccc(NC(C)=O)cc2)cc1. The molecule has 2 aromatic carbocycles. The molecule has 0 radical (unpaired) electrons. The number of hydrazone groups is 1. The maximum Gasteiger partial charge on any atom is 0.271 e. The Labute approximate surface area is 153 Å². The van der Waals surface area contributed by atoms with Crippen LogP contribution in [-0.4, -0.2) is 31.1 Å². The van der Waals surface area contributed by atoms with Crippen molar-refractivity contribution in [2.24, 2.45) is 5.10 Å². The Bertz CT molecular complexity index is 763. The number of carbonyl (C=O) groups is 2. The molecule has 0 aliphatic carbocycles. The summed E-state index contributed by atoms with van der Waals surface area (Å²) in [6.07, 6.45) is 1.56. The predicted molar refractivity (Wildman–Crippen MR) is 106 cm³/mol. The second-order valence-electron chi connectivity index (χ2n) is 5.72. The molecule has 0 aromatic heterocycles. The van der Waals surface area contributed by atoms with E-state index in [0.29, 0.717) is 11.3 Å². The molecule has 136 valence electrons. The molecule has 0 bridgehead atoms. The van der Waals surface area contributed by atoms with Crippen molar-refractivity contribution >= 4 is 29.4 Å². The number of nitrogens with one attached hydrogen (secondary N) is 2. The molecule has 0 aliphatic rings. The number of anilines is 2. The van der Waals surface area contributed by atoms with Gasteiger partial charge in [-0.3, -0.25) is 9.59 Å². The van der Waals surface area contributed by atoms with Crippen molar-refractivity contribution in [3.8, 4) is 0 Å². The maximum absolute atomic E-state index is 12.1. The van der Waals surface area contributed by atoms with Crippen LogP contribution in [0, 0.1) is 0 Å². The van der Waals surface area contributed by atoms with Crippen molar-refractivity contribution in [1.82, 2.24) is 5.43 Å². The molecule has 0 aliphatic heterocycles. The Balaban J connectivity index is 1.93. The van der Waals surface area contributed by atoms with Crippen LogP contribution in [0.25, 0.3) is 0 Å². The zero-order chi connectivity index (χ0) is 18.9. The monoisotopic (exact) mass is 352 g/mol. The van der Waals surface area contributed by atoms with Crippen molar-refractivity contribution in [3.05, 3.63) is 59.7 Å². The van der Waals surface area contributed by atoms with E-state index in [-0.39, 0.29) is 11.8 Å². The van der Waals surface area contributed by atoms with Gasteiger partial charge in [0.2, 0.25) is 5.91 Å². The molecule has 0 saturated heterocycles. The lowest BCUT2D eigenvalue weighted by molar-refractivity contribution is -0.114. The van der Waals surface area contributed by atoms with Crippen LogP contribution in [0.15, 0.2) is 53.6 Å². The van der Waals surface area contributed by atoms with Crippen molar-refractivity contribution in [2.45, 2.75) is 20.8 Å². The first kappa shape index (κ1) is 19.2. The maximum atomic E-state index is 12.1. The van der Waals surface area contributed by atoms with Crippen LogP contribution >= 0.6 is 0 Å². The van der Waals surface area contributed by atoms with E-state index >= 15 is 0 Å². The van der Waals surface area contributed by atoms with Crippen LogP contribution in [0.3, 0.4) is 0 Å². The van der Waals surface area contributed by atoms with Crippen molar-refractivity contribution in [3.63, 3.8) is 0 Å². The summed E-state index contributed by atoms with van der Waals surface area (Å²) in [4.78, 5) is 25.3. The molecule has 2 N–H and O–H groups in total. The number of nitrogens with zero attached hydrogens (tertiary/aromatic N) is 2. The average Bonchev–Trinajstić information content (AvgIpc) is 2.64. The van der Waals surface area contributed by atoms with E-state index in [2.05, 4.69) is 34.6 Å². The first-order valence-electron chi connectivity index (χ1n) is 8.59. The molecular weight excluding hydrogens is 328 g/mol. The van der Waals surface area contributed by atoms with Crippen molar-refractivity contribution in [2.75, 3.05) is 23.3 Å². The molecular formula is C20H24N4O2. The second-order valence-corrected chi connectivity index (χ2v) is 5.72. The Morgan fingerprint density at radius 1 is 1.00 bits per heavy atom. The van der Waals surface area contributed by atoms with Crippen LogP contribution in [0.4, 0.5) is 11.4 Å². The number of amides is 2. The van der Waals surface area contributed by atoms with Gasteiger partial charge in [0.25, 0.3) is 5.91 Å². The molecule has 0 heterocycles. The molecule has 26 heavy (non-hydrogen) atoms. The van der Waals surface area contributed by atoms with Crippen molar-refractivity contribution in [1.29, 1.82) is 0 Å². The molecule has 0 saturated carbocycles. The van der Waals surface area contributed by atoms with E-state index in [4.69, 9.17) is 0 Å². The number of benzene rings is 2. The number of hydrogen-bond donors (Lipinski definition) is 2. The van der Waals surface area contributed by atoms with Crippen molar-refractivity contribution < 1.29 is 9.59 Å². The lowest BCUT2D eigenvalue weighted by Crippen LogP contribution is -2.22. The zero-order valence-corrected chi connectivity index (χ0v) is 15.3. The van der Waals surface area contributed by atoms with Gasteiger partial charge in [-0.05, 0) is 55.8 Å². The number of hydrogen-bond acceptors (Lipinski definition) is 4. The first-order valence-corrected chi connectivity index (χ1v) is 8.59. The summed E-state index contributed by atoms with van der Waals surface area (Å²) in [7, 11) is 0. The highest BCUT2D eigenvalue weighted by Crippen LogP contribution is 2.15. The van der Waals surface area contributed by atoms with Crippen LogP contribution in [0.5, 0.6) is 0 Å². The van der Waals surface area contributed by atoms with Gasteiger partial charge in [0.05, 0.1) is 6.21 Å². The molecule has 2 rings (SSSR count). The highest BCUT2D eigenvalue weighted by Gasteiger charge is 2.06. The van der Waals surface area contributed by atoms with Gasteiger partial charge >= 0.3 is 0 Å². The predicted octanol–water partition coefficient (Wildman–Crippen LogP) is 3.26. The van der Waals surface area contributed by atoms with Gasteiger partial charge in [0.15, 0.2) is 0 Å². The minimum Gasteiger partial charge on any atom is -0.372 e. The third-order valence-corrected chi connectivity index (χ3v) is 3.87. The fourth-order valence-electron chi connectivity index (χ4n) is 2.50. The van der Waals surface area contributed by atoms with Gasteiger partial charge in [-0.25, -0.2) is 5.43 Å². The molecule has 2 aromatic rings. The Morgan fingerprint density at radius 2 is 1.62 bits per heavy atom. The van der Waals surface area contributed by atoms with E-state index in [1.54, 1.807) is 42.6 Å². The van der Waals surface area contributed by atoms with Gasteiger partial charge in [-0.2, -0.15) is 5.10 Å². The summed E-state index contributed by atoms with van der Waals surface area (Å²) < 4.78 is 0. The fourth-order valence-corrected chi connectivity index (χ4v) is 2.50. The van der Waals surface area contributed by atoms with E-state index < -0.39 is 0 Å². The molecule has 0 fully saturated rings. The summed E-state index contributed by atoms with van der Waals surface area (Å²) >= 11 is 0. The van der Waals surface area contributed by atoms with E-state index in [1.807, 2.05) is 12.1 Å². The summed E-state index contributed by atoms with van der Waals surface area (Å²) in [6, 6.07) is 14.6. The van der Waals surface area contributed by atoms with Crippen LogP contribution in [-0.2, 0) is 4.79 Å². The number of rotatable bonds is 7.